The van der Waals surface area contributed by atoms with Crippen LogP contribution in [-0.2, 0) is 13.6 Å². The number of amides is 1. The second kappa shape index (κ2) is 7.19. The van der Waals surface area contributed by atoms with Crippen LogP contribution in [0.25, 0.3) is 10.8 Å². The first kappa shape index (κ1) is 18.4. The molecule has 9 nitrogen and oxygen atoms in total. The number of aryl methyl sites for hydroxylation is 1. The normalized spacial score (nSPS) is 11.0. The van der Waals surface area contributed by atoms with Crippen LogP contribution >= 0.6 is 0 Å². The number of carbonyl (C=O) groups is 1. The van der Waals surface area contributed by atoms with Crippen LogP contribution in [0.3, 0.4) is 0 Å². The summed E-state index contributed by atoms with van der Waals surface area (Å²) in [5, 5.41) is 24.5. The largest absolute Gasteiger partial charge is 0.322 e. The van der Waals surface area contributed by atoms with Crippen LogP contribution in [0.1, 0.15) is 21.7 Å². The molecule has 2 heterocycles. The quantitative estimate of drug-likeness (QED) is 0.416. The lowest BCUT2D eigenvalue weighted by atomic mass is 10.0. The molecule has 0 aliphatic heterocycles. The van der Waals surface area contributed by atoms with E-state index in [0.717, 1.165) is 16.3 Å². The molecule has 2 aromatic carbocycles. The van der Waals surface area contributed by atoms with Gasteiger partial charge in [-0.15, -0.1) is 0 Å². The van der Waals surface area contributed by atoms with Crippen molar-refractivity contribution in [3.8, 4) is 0 Å². The van der Waals surface area contributed by atoms with E-state index < -0.39 is 10.8 Å². The van der Waals surface area contributed by atoms with Crippen molar-refractivity contribution in [2.75, 3.05) is 5.32 Å². The van der Waals surface area contributed by atoms with Gasteiger partial charge in [0.05, 0.1) is 23.4 Å². The molecule has 4 rings (SSSR count). The first-order valence-electron chi connectivity index (χ1n) is 8.92. The topological polar surface area (TPSA) is 108 Å². The number of hydrogen-bond donors (Lipinski definition) is 1. The Hall–Kier alpha value is -4.01. The zero-order valence-corrected chi connectivity index (χ0v) is 15.9. The average molecular weight is 390 g/mol. The van der Waals surface area contributed by atoms with E-state index in [4.69, 9.17) is 0 Å². The van der Waals surface area contributed by atoms with Gasteiger partial charge in [-0.3, -0.25) is 24.3 Å². The molecule has 29 heavy (non-hydrogen) atoms. The average Bonchev–Trinajstić information content (AvgIpc) is 3.26. The third-order valence-corrected chi connectivity index (χ3v) is 4.80. The van der Waals surface area contributed by atoms with Crippen molar-refractivity contribution in [3.63, 3.8) is 0 Å². The third kappa shape index (κ3) is 3.45. The number of aromatic nitrogens is 4. The summed E-state index contributed by atoms with van der Waals surface area (Å²) in [4.78, 5) is 23.2. The van der Waals surface area contributed by atoms with Crippen LogP contribution in [0.2, 0.25) is 0 Å². The summed E-state index contributed by atoms with van der Waals surface area (Å²) in [6, 6.07) is 14.2. The molecule has 9 heteroatoms. The molecule has 0 fully saturated rings. The molecule has 1 N–H and O–H groups in total. The molecular weight excluding hydrogens is 372 g/mol. The molecule has 0 saturated heterocycles. The highest BCUT2D eigenvalue weighted by molar-refractivity contribution is 6.05. The van der Waals surface area contributed by atoms with Crippen molar-refractivity contribution in [3.05, 3.63) is 81.9 Å². The van der Waals surface area contributed by atoms with Crippen molar-refractivity contribution in [2.45, 2.75) is 13.5 Å². The molecular formula is C20H18N6O3. The van der Waals surface area contributed by atoms with Crippen molar-refractivity contribution in [1.82, 2.24) is 19.6 Å². The Balaban J connectivity index is 1.55. The third-order valence-electron chi connectivity index (χ3n) is 4.80. The standard InChI is InChI=1S/C20H18N6O3/c1-13-19(26(28)29)18(23-24(13)2)20(27)22-16-10-21-25(12-16)11-15-8-5-7-14-6-3-4-9-17(14)15/h3-10,12H,11H2,1-2H3,(H,22,27). The Bertz CT molecular complexity index is 1230. The van der Waals surface area contributed by atoms with Gasteiger partial charge in [-0.1, -0.05) is 42.5 Å². The minimum Gasteiger partial charge on any atom is -0.318 e. The lowest BCUT2D eigenvalue weighted by Crippen LogP contribution is -2.14. The number of nitrogens with zero attached hydrogens (tertiary/aromatic N) is 5. The number of fused-ring (bicyclic) bond motifs is 1. The Morgan fingerprint density at radius 3 is 2.76 bits per heavy atom. The zero-order chi connectivity index (χ0) is 20.5. The predicted octanol–water partition coefficient (Wildman–Crippen LogP) is 3.29. The number of rotatable bonds is 5. The van der Waals surface area contributed by atoms with Crippen LogP contribution in [0, 0.1) is 17.0 Å². The minimum atomic E-state index is -0.648. The number of nitro groups is 1. The van der Waals surface area contributed by atoms with Gasteiger partial charge >= 0.3 is 5.69 Å². The first-order chi connectivity index (χ1) is 13.9. The Kier molecular flexibility index (Phi) is 4.55. The van der Waals surface area contributed by atoms with E-state index in [1.54, 1.807) is 24.9 Å². The highest BCUT2D eigenvalue weighted by Gasteiger charge is 2.29. The number of benzene rings is 2. The second-order valence-corrected chi connectivity index (χ2v) is 6.68. The fourth-order valence-electron chi connectivity index (χ4n) is 3.28. The molecule has 1 amide bonds. The fourth-order valence-corrected chi connectivity index (χ4v) is 3.28. The van der Waals surface area contributed by atoms with Gasteiger partial charge in [0.1, 0.15) is 5.69 Å². The Labute approximate surface area is 165 Å². The summed E-state index contributed by atoms with van der Waals surface area (Å²) in [5.74, 6) is -0.648. The number of hydrogen-bond acceptors (Lipinski definition) is 5. The van der Waals surface area contributed by atoms with E-state index in [-0.39, 0.29) is 11.4 Å². The highest BCUT2D eigenvalue weighted by atomic mass is 16.6. The van der Waals surface area contributed by atoms with Gasteiger partial charge in [-0.05, 0) is 23.3 Å². The van der Waals surface area contributed by atoms with E-state index in [0.29, 0.717) is 17.9 Å². The molecule has 4 aromatic rings. The number of carbonyl (C=O) groups excluding carboxylic acids is 1. The van der Waals surface area contributed by atoms with E-state index in [1.807, 2.05) is 24.3 Å². The SMILES string of the molecule is Cc1c([N+](=O)[O-])c(C(=O)Nc2cnn(Cc3cccc4ccccc34)c2)nn1C. The monoisotopic (exact) mass is 390 g/mol. The summed E-state index contributed by atoms with van der Waals surface area (Å²) in [5.41, 5.74) is 1.32. The van der Waals surface area contributed by atoms with Gasteiger partial charge in [0, 0.05) is 13.2 Å². The molecule has 0 spiro atoms. The zero-order valence-electron chi connectivity index (χ0n) is 15.9. The minimum absolute atomic E-state index is 0.225. The van der Waals surface area contributed by atoms with Crippen LogP contribution < -0.4 is 5.32 Å². The van der Waals surface area contributed by atoms with Crippen LogP contribution in [-0.4, -0.2) is 30.4 Å². The van der Waals surface area contributed by atoms with Gasteiger partial charge in [0.2, 0.25) is 5.69 Å². The van der Waals surface area contributed by atoms with Crippen molar-refractivity contribution in [1.29, 1.82) is 0 Å². The van der Waals surface area contributed by atoms with Crippen LogP contribution in [0.4, 0.5) is 11.4 Å². The maximum atomic E-state index is 12.5. The molecule has 0 unspecified atom stereocenters. The molecule has 0 radical (unpaired) electrons. The Morgan fingerprint density at radius 2 is 1.97 bits per heavy atom. The van der Waals surface area contributed by atoms with E-state index >= 15 is 0 Å². The van der Waals surface area contributed by atoms with E-state index in [9.17, 15) is 14.9 Å². The van der Waals surface area contributed by atoms with Crippen LogP contribution in [0.15, 0.2) is 54.9 Å². The molecule has 146 valence electrons. The molecule has 0 aliphatic carbocycles. The molecule has 0 saturated carbocycles. The van der Waals surface area contributed by atoms with E-state index in [1.165, 1.54) is 10.9 Å². The summed E-state index contributed by atoms with van der Waals surface area (Å²) in [7, 11) is 1.56. The predicted molar refractivity (Wildman–Crippen MR) is 108 cm³/mol. The van der Waals surface area contributed by atoms with E-state index in [2.05, 4.69) is 33.7 Å². The summed E-state index contributed by atoms with van der Waals surface area (Å²) >= 11 is 0. The molecule has 0 bridgehead atoms. The smallest absolute Gasteiger partial charge is 0.318 e. The van der Waals surface area contributed by atoms with Crippen molar-refractivity contribution >= 4 is 28.1 Å². The Morgan fingerprint density at radius 1 is 1.21 bits per heavy atom. The summed E-state index contributed by atoms with van der Waals surface area (Å²) < 4.78 is 3.02. The fraction of sp³-hybridized carbons (Fsp3) is 0.150. The summed E-state index contributed by atoms with van der Waals surface area (Å²) in [6.07, 6.45) is 3.19. The van der Waals surface area contributed by atoms with Gasteiger partial charge in [-0.2, -0.15) is 10.2 Å². The maximum absolute atomic E-state index is 12.5. The second-order valence-electron chi connectivity index (χ2n) is 6.68. The molecule has 0 atom stereocenters. The van der Waals surface area contributed by atoms with Gasteiger partial charge in [0.15, 0.2) is 0 Å². The number of nitrogens with one attached hydrogen (secondary N) is 1. The lowest BCUT2D eigenvalue weighted by Gasteiger charge is -2.06. The summed E-state index contributed by atoms with van der Waals surface area (Å²) in [6.45, 7) is 2.07. The van der Waals surface area contributed by atoms with Crippen molar-refractivity contribution < 1.29 is 9.72 Å². The highest BCUT2D eigenvalue weighted by Crippen LogP contribution is 2.23. The maximum Gasteiger partial charge on any atom is 0.322 e. The first-order valence-corrected chi connectivity index (χ1v) is 8.92. The number of anilines is 1. The van der Waals surface area contributed by atoms with Gasteiger partial charge in [-0.25, -0.2) is 0 Å². The van der Waals surface area contributed by atoms with Crippen LogP contribution in [0.5, 0.6) is 0 Å². The van der Waals surface area contributed by atoms with Gasteiger partial charge < -0.3 is 5.32 Å². The van der Waals surface area contributed by atoms with Crippen molar-refractivity contribution in [2.24, 2.45) is 7.05 Å². The lowest BCUT2D eigenvalue weighted by molar-refractivity contribution is -0.385. The molecule has 0 aliphatic rings. The molecule has 2 aromatic heterocycles. The van der Waals surface area contributed by atoms with Gasteiger partial charge in [0.25, 0.3) is 5.91 Å².